The fraction of sp³-hybridized carbons (Fsp3) is 0.167. The molecule has 0 aliphatic carbocycles. The van der Waals surface area contributed by atoms with Crippen LogP contribution < -0.4 is 10.6 Å². The number of rotatable bonds is 9. The van der Waals surface area contributed by atoms with Gasteiger partial charge in [-0.3, -0.25) is 9.78 Å². The van der Waals surface area contributed by atoms with Crippen molar-refractivity contribution in [2.24, 2.45) is 0 Å². The molecule has 0 spiro atoms. The number of thiophene rings is 1. The average molecular weight is 477 g/mol. The molecule has 0 saturated heterocycles. The number of nitrogens with zero attached hydrogens (tertiary/aromatic N) is 3. The molecule has 0 unspecified atom stereocenters. The van der Waals surface area contributed by atoms with Crippen LogP contribution in [0.3, 0.4) is 0 Å². The zero-order valence-corrected chi connectivity index (χ0v) is 20.0. The van der Waals surface area contributed by atoms with Crippen LogP contribution in [-0.4, -0.2) is 54.2 Å². The monoisotopic (exact) mass is 476 g/mol. The van der Waals surface area contributed by atoms with Crippen molar-refractivity contribution >= 4 is 46.2 Å². The van der Waals surface area contributed by atoms with Crippen LogP contribution >= 0.6 is 22.7 Å². The number of thiazole rings is 1. The highest BCUT2D eigenvalue weighted by molar-refractivity contribution is 7.13. The molecule has 3 N–H and O–H groups in total. The lowest BCUT2D eigenvalue weighted by Gasteiger charge is -2.17. The fourth-order valence-electron chi connectivity index (χ4n) is 3.25. The van der Waals surface area contributed by atoms with Gasteiger partial charge in [0.25, 0.3) is 5.91 Å². The molecular formula is C24H24N6OS2. The molecule has 0 atom stereocenters. The second-order valence-electron chi connectivity index (χ2n) is 7.61. The van der Waals surface area contributed by atoms with E-state index < -0.39 is 0 Å². The van der Waals surface area contributed by atoms with Gasteiger partial charge in [0.15, 0.2) is 0 Å². The SMILES string of the molecule is CN(C)CCNc1cc(-c2ccsc2)c(NC(=O)c2csc(-c3cccnc3)n2)cc1C=N. The van der Waals surface area contributed by atoms with Crippen molar-refractivity contribution in [2.45, 2.75) is 0 Å². The van der Waals surface area contributed by atoms with Crippen molar-refractivity contribution in [3.63, 3.8) is 0 Å². The molecule has 4 aromatic rings. The number of aromatic nitrogens is 2. The standard InChI is InChI=1S/C24H24N6OS2/c1-30(2)8-7-27-20-11-19(17-5-9-32-14-17)21(10-18(20)12-25)28-23(31)22-15-33-24(29-22)16-4-3-6-26-13-16/h3-6,9-15,25,27H,7-8H2,1-2H3,(H,28,31). The summed E-state index contributed by atoms with van der Waals surface area (Å²) in [5, 5.41) is 20.9. The van der Waals surface area contributed by atoms with Crippen LogP contribution in [0.5, 0.6) is 0 Å². The lowest BCUT2D eigenvalue weighted by atomic mass is 10.0. The zero-order chi connectivity index (χ0) is 23.2. The van der Waals surface area contributed by atoms with Crippen molar-refractivity contribution < 1.29 is 4.79 Å². The van der Waals surface area contributed by atoms with Crippen LogP contribution in [0.4, 0.5) is 11.4 Å². The Balaban J connectivity index is 1.63. The molecule has 3 heterocycles. The maximum atomic E-state index is 13.1. The summed E-state index contributed by atoms with van der Waals surface area (Å²) in [5.74, 6) is -0.290. The van der Waals surface area contributed by atoms with Crippen molar-refractivity contribution in [3.05, 3.63) is 70.1 Å². The zero-order valence-electron chi connectivity index (χ0n) is 18.3. The Morgan fingerprint density at radius 1 is 1.18 bits per heavy atom. The molecule has 9 heteroatoms. The smallest absolute Gasteiger partial charge is 0.275 e. The Morgan fingerprint density at radius 3 is 2.76 bits per heavy atom. The molecule has 1 amide bonds. The largest absolute Gasteiger partial charge is 0.383 e. The number of anilines is 2. The normalized spacial score (nSPS) is 10.9. The maximum Gasteiger partial charge on any atom is 0.275 e. The first-order valence-corrected chi connectivity index (χ1v) is 12.1. The Hall–Kier alpha value is -3.40. The first-order valence-electron chi connectivity index (χ1n) is 10.3. The maximum absolute atomic E-state index is 13.1. The van der Waals surface area contributed by atoms with Gasteiger partial charge in [-0.15, -0.1) is 11.3 Å². The van der Waals surface area contributed by atoms with Gasteiger partial charge in [0.05, 0.1) is 0 Å². The van der Waals surface area contributed by atoms with Crippen LogP contribution in [0.15, 0.2) is 58.9 Å². The van der Waals surface area contributed by atoms with E-state index in [9.17, 15) is 4.79 Å². The summed E-state index contributed by atoms with van der Waals surface area (Å²) in [6, 6.07) is 9.62. The highest BCUT2D eigenvalue weighted by Crippen LogP contribution is 2.35. The highest BCUT2D eigenvalue weighted by Gasteiger charge is 2.17. The number of carbonyl (C=O) groups excluding carboxylic acids is 1. The van der Waals surface area contributed by atoms with E-state index in [1.54, 1.807) is 29.1 Å². The summed E-state index contributed by atoms with van der Waals surface area (Å²) in [4.78, 5) is 23.8. The summed E-state index contributed by atoms with van der Waals surface area (Å²) >= 11 is 3.00. The minimum atomic E-state index is -0.290. The van der Waals surface area contributed by atoms with Crippen LogP contribution in [0.25, 0.3) is 21.7 Å². The number of hydrogen-bond donors (Lipinski definition) is 3. The first-order chi connectivity index (χ1) is 16.0. The Kier molecular flexibility index (Phi) is 7.23. The quantitative estimate of drug-likeness (QED) is 0.290. The van der Waals surface area contributed by atoms with Gasteiger partial charge < -0.3 is 20.9 Å². The predicted octanol–water partition coefficient (Wildman–Crippen LogP) is 5.16. The summed E-state index contributed by atoms with van der Waals surface area (Å²) in [6.07, 6.45) is 4.73. The molecular weight excluding hydrogens is 452 g/mol. The second kappa shape index (κ2) is 10.5. The van der Waals surface area contributed by atoms with Gasteiger partial charge in [0.2, 0.25) is 0 Å². The molecule has 0 saturated carbocycles. The van der Waals surface area contributed by atoms with Crippen LogP contribution in [0, 0.1) is 5.41 Å². The van der Waals surface area contributed by atoms with Gasteiger partial charge in [-0.25, -0.2) is 4.98 Å². The van der Waals surface area contributed by atoms with Crippen molar-refractivity contribution in [1.29, 1.82) is 5.41 Å². The summed E-state index contributed by atoms with van der Waals surface area (Å²) in [5.41, 5.74) is 5.34. The number of likely N-dealkylation sites (N-methyl/N-ethyl adjacent to an activating group) is 1. The van der Waals surface area contributed by atoms with E-state index >= 15 is 0 Å². The third-order valence-corrected chi connectivity index (χ3v) is 6.52. The molecule has 0 aliphatic heterocycles. The summed E-state index contributed by atoms with van der Waals surface area (Å²) in [6.45, 7) is 1.62. The predicted molar refractivity (Wildman–Crippen MR) is 138 cm³/mol. The molecule has 168 valence electrons. The number of amides is 1. The number of nitrogens with one attached hydrogen (secondary N) is 3. The van der Waals surface area contributed by atoms with E-state index in [2.05, 4.69) is 25.5 Å². The summed E-state index contributed by atoms with van der Waals surface area (Å²) in [7, 11) is 4.04. The van der Waals surface area contributed by atoms with Crippen molar-refractivity contribution in [3.8, 4) is 21.7 Å². The molecule has 0 aliphatic rings. The van der Waals surface area contributed by atoms with Gasteiger partial charge in [0, 0.05) is 65.1 Å². The Morgan fingerprint density at radius 2 is 2.06 bits per heavy atom. The minimum Gasteiger partial charge on any atom is -0.383 e. The lowest BCUT2D eigenvalue weighted by Crippen LogP contribution is -2.21. The topological polar surface area (TPSA) is 94.0 Å². The van der Waals surface area contributed by atoms with Crippen LogP contribution in [0.1, 0.15) is 16.1 Å². The molecule has 0 radical (unpaired) electrons. The number of pyridine rings is 1. The highest BCUT2D eigenvalue weighted by atomic mass is 32.1. The Labute approximate surface area is 200 Å². The molecule has 0 bridgehead atoms. The van der Waals surface area contributed by atoms with Crippen LogP contribution in [-0.2, 0) is 0 Å². The van der Waals surface area contributed by atoms with Gasteiger partial charge in [-0.05, 0) is 60.8 Å². The average Bonchev–Trinajstić information content (AvgIpc) is 3.52. The number of benzene rings is 1. The third kappa shape index (κ3) is 5.51. The van der Waals surface area contributed by atoms with Gasteiger partial charge in [-0.1, -0.05) is 0 Å². The molecule has 0 fully saturated rings. The van der Waals surface area contributed by atoms with E-state index in [0.29, 0.717) is 16.9 Å². The fourth-order valence-corrected chi connectivity index (χ4v) is 4.70. The Bertz CT molecular complexity index is 1240. The molecule has 4 rings (SSSR count). The van der Waals surface area contributed by atoms with Crippen molar-refractivity contribution in [1.82, 2.24) is 14.9 Å². The van der Waals surface area contributed by atoms with E-state index in [1.807, 2.05) is 55.2 Å². The van der Waals surface area contributed by atoms with Crippen LogP contribution in [0.2, 0.25) is 0 Å². The molecule has 33 heavy (non-hydrogen) atoms. The van der Waals surface area contributed by atoms with E-state index in [-0.39, 0.29) is 5.91 Å². The van der Waals surface area contributed by atoms with Gasteiger partial charge in [-0.2, -0.15) is 11.3 Å². The number of hydrogen-bond acceptors (Lipinski definition) is 8. The molecule has 3 aromatic heterocycles. The number of carbonyl (C=O) groups is 1. The summed E-state index contributed by atoms with van der Waals surface area (Å²) < 4.78 is 0. The first kappa shape index (κ1) is 22.8. The molecule has 1 aromatic carbocycles. The van der Waals surface area contributed by atoms with Crippen molar-refractivity contribution in [2.75, 3.05) is 37.8 Å². The van der Waals surface area contributed by atoms with Gasteiger partial charge in [0.1, 0.15) is 10.7 Å². The van der Waals surface area contributed by atoms with E-state index in [0.717, 1.165) is 40.5 Å². The second-order valence-corrected chi connectivity index (χ2v) is 9.24. The molecule has 7 nitrogen and oxygen atoms in total. The van der Waals surface area contributed by atoms with E-state index in [4.69, 9.17) is 5.41 Å². The van der Waals surface area contributed by atoms with E-state index in [1.165, 1.54) is 17.6 Å². The minimum absolute atomic E-state index is 0.290. The third-order valence-electron chi connectivity index (χ3n) is 4.95. The lowest BCUT2D eigenvalue weighted by molar-refractivity contribution is 0.102. The van der Waals surface area contributed by atoms with Gasteiger partial charge >= 0.3 is 0 Å².